The lowest BCUT2D eigenvalue weighted by molar-refractivity contribution is -0.138. The Kier molecular flexibility index (Phi) is 26.3. The molecule has 0 spiro atoms. The van der Waals surface area contributed by atoms with Gasteiger partial charge in [0.25, 0.3) is 0 Å². The highest BCUT2D eigenvalue weighted by Crippen LogP contribution is 2.55. The van der Waals surface area contributed by atoms with Crippen molar-refractivity contribution in [2.75, 3.05) is 26.4 Å². The zero-order valence-electron chi connectivity index (χ0n) is 43.9. The molecule has 3 aromatic carbocycles. The molecular formula is C59H88O10S. The first-order valence-corrected chi connectivity index (χ1v) is 27.1. The van der Waals surface area contributed by atoms with E-state index in [0.717, 1.165) is 92.4 Å². The summed E-state index contributed by atoms with van der Waals surface area (Å²) >= 11 is 6.95. The number of unbranched alkanes of at least 4 members (excludes halogenated alkanes) is 9. The largest absolute Gasteiger partial charge is 0.485 e. The maximum Gasteiger partial charge on any atom is 0.303 e. The van der Waals surface area contributed by atoms with Crippen LogP contribution >= 0.6 is 12.2 Å². The summed E-state index contributed by atoms with van der Waals surface area (Å²) in [6.45, 7) is 13.1. The standard InChI is InChI=1S/C59H88O10S/c1-8-15-16-17-18-19-20-21-22-23-24-50(54-44(9-2)31-41(25-28-51(63)64)32-45(54)10-3)59(57(70)69-40-58(37-60,38-61)39-62,55-46(11-4)33-42(26-29-52(65)66)34-47(55)12-5)56-48(13-6)35-43(27-30-53(67)68)36-49(56)14-7/h31-36,50,60-62H,8-30,37-40H2,1-7H3,(H,63,64)(H,65,66)(H,67,68). The SMILES string of the molecule is CCCCCCCCCCCCC(c1c(CC)cc(CCC(=O)O)cc1CC)C(C(=S)OCC(CO)(CO)CO)(c1c(CC)cc(CCC(=O)O)cc1CC)c1c(CC)cc(CCC(=O)O)cc1CC. The van der Waals surface area contributed by atoms with E-state index in [-0.39, 0.29) is 36.8 Å². The van der Waals surface area contributed by atoms with Crippen LogP contribution < -0.4 is 0 Å². The topological polar surface area (TPSA) is 182 Å². The maximum absolute atomic E-state index is 12.0. The summed E-state index contributed by atoms with van der Waals surface area (Å²) in [4.78, 5) is 36.0. The average molecular weight is 989 g/mol. The molecule has 70 heavy (non-hydrogen) atoms. The van der Waals surface area contributed by atoms with Gasteiger partial charge in [-0.05, 0) is 143 Å². The van der Waals surface area contributed by atoms with E-state index in [1.54, 1.807) is 0 Å². The first-order valence-electron chi connectivity index (χ1n) is 26.7. The molecule has 3 aromatic rings. The monoisotopic (exact) mass is 989 g/mol. The van der Waals surface area contributed by atoms with Gasteiger partial charge in [0.15, 0.2) is 5.05 Å². The number of hydrogen-bond acceptors (Lipinski definition) is 8. The van der Waals surface area contributed by atoms with Gasteiger partial charge in [-0.15, -0.1) is 0 Å². The van der Waals surface area contributed by atoms with E-state index in [0.29, 0.717) is 64.2 Å². The van der Waals surface area contributed by atoms with Crippen LogP contribution in [0.2, 0.25) is 0 Å². The molecule has 1 unspecified atom stereocenters. The smallest absolute Gasteiger partial charge is 0.303 e. The lowest BCUT2D eigenvalue weighted by atomic mass is 9.56. The summed E-state index contributed by atoms with van der Waals surface area (Å²) in [5, 5.41) is 61.9. The van der Waals surface area contributed by atoms with Crippen molar-refractivity contribution in [3.8, 4) is 0 Å². The number of carboxylic acids is 3. The number of ether oxygens (including phenoxy) is 1. The number of carboxylic acid groups (broad SMARTS) is 3. The minimum Gasteiger partial charge on any atom is -0.485 e. The van der Waals surface area contributed by atoms with Gasteiger partial charge in [0, 0.05) is 25.2 Å². The van der Waals surface area contributed by atoms with Crippen molar-refractivity contribution >= 4 is 35.2 Å². The number of rotatable bonds is 36. The van der Waals surface area contributed by atoms with Crippen LogP contribution in [0.5, 0.6) is 0 Å². The molecule has 0 amide bonds. The number of aryl methyl sites for hydroxylation is 9. The third-order valence-electron chi connectivity index (χ3n) is 14.6. The van der Waals surface area contributed by atoms with E-state index < -0.39 is 48.6 Å². The second-order valence-electron chi connectivity index (χ2n) is 19.6. The van der Waals surface area contributed by atoms with Gasteiger partial charge in [-0.3, -0.25) is 14.4 Å². The molecule has 0 heterocycles. The van der Waals surface area contributed by atoms with E-state index in [9.17, 15) is 45.0 Å². The van der Waals surface area contributed by atoms with Crippen molar-refractivity contribution in [1.82, 2.24) is 0 Å². The van der Waals surface area contributed by atoms with Gasteiger partial charge < -0.3 is 35.4 Å². The van der Waals surface area contributed by atoms with E-state index in [4.69, 9.17) is 17.0 Å². The van der Waals surface area contributed by atoms with Gasteiger partial charge in [0.05, 0.1) is 30.7 Å². The van der Waals surface area contributed by atoms with E-state index in [1.165, 1.54) is 38.5 Å². The van der Waals surface area contributed by atoms with Crippen molar-refractivity contribution in [3.63, 3.8) is 0 Å². The Morgan fingerprint density at radius 3 is 1.11 bits per heavy atom. The van der Waals surface area contributed by atoms with Crippen molar-refractivity contribution in [1.29, 1.82) is 0 Å². The summed E-state index contributed by atoms with van der Waals surface area (Å²) in [6, 6.07) is 12.9. The van der Waals surface area contributed by atoms with Crippen molar-refractivity contribution in [3.05, 3.63) is 103 Å². The van der Waals surface area contributed by atoms with Gasteiger partial charge in [0.1, 0.15) is 6.61 Å². The van der Waals surface area contributed by atoms with Crippen LogP contribution in [0.4, 0.5) is 0 Å². The molecule has 0 fully saturated rings. The summed E-state index contributed by atoms with van der Waals surface area (Å²) in [5.41, 5.74) is 9.45. The van der Waals surface area contributed by atoms with Gasteiger partial charge in [-0.25, -0.2) is 0 Å². The molecule has 0 aliphatic carbocycles. The minimum absolute atomic E-state index is 0.000232. The molecule has 0 saturated carbocycles. The number of benzene rings is 3. The highest BCUT2D eigenvalue weighted by atomic mass is 32.1. The van der Waals surface area contributed by atoms with Gasteiger partial charge in [-0.2, -0.15) is 0 Å². The molecule has 6 N–H and O–H groups in total. The number of hydrogen-bond donors (Lipinski definition) is 6. The Hall–Kier alpha value is -4.16. The number of aliphatic hydroxyl groups excluding tert-OH is 3. The average Bonchev–Trinajstić information content (AvgIpc) is 3.36. The third-order valence-corrected chi connectivity index (χ3v) is 15.1. The van der Waals surface area contributed by atoms with Gasteiger partial charge in [-0.1, -0.05) is 149 Å². The number of aliphatic carboxylic acids is 3. The fourth-order valence-electron chi connectivity index (χ4n) is 10.7. The molecule has 0 aliphatic rings. The van der Waals surface area contributed by atoms with E-state index in [2.05, 4.69) is 84.9 Å². The van der Waals surface area contributed by atoms with Gasteiger partial charge >= 0.3 is 17.9 Å². The quantitative estimate of drug-likeness (QED) is 0.0241. The second kappa shape index (κ2) is 30.7. The molecule has 1 atom stereocenters. The number of carbonyl (C=O) groups is 3. The molecule has 0 aliphatic heterocycles. The lowest BCUT2D eigenvalue weighted by Crippen LogP contribution is -2.49. The highest BCUT2D eigenvalue weighted by molar-refractivity contribution is 7.80. The normalized spacial score (nSPS) is 12.3. The maximum atomic E-state index is 12.0. The van der Waals surface area contributed by atoms with E-state index in [1.807, 2.05) is 0 Å². The number of aliphatic hydroxyl groups is 3. The Morgan fingerprint density at radius 1 is 0.500 bits per heavy atom. The molecule has 11 heteroatoms. The summed E-state index contributed by atoms with van der Waals surface area (Å²) < 4.78 is 7.04. The molecule has 0 aromatic heterocycles. The molecular weight excluding hydrogens is 901 g/mol. The predicted molar refractivity (Wildman–Crippen MR) is 286 cm³/mol. The van der Waals surface area contributed by atoms with Crippen molar-refractivity contribution in [2.24, 2.45) is 5.41 Å². The first kappa shape index (κ1) is 60.1. The minimum atomic E-state index is -1.42. The zero-order chi connectivity index (χ0) is 51.9. The van der Waals surface area contributed by atoms with Crippen LogP contribution in [0, 0.1) is 5.41 Å². The van der Waals surface area contributed by atoms with Crippen molar-refractivity contribution in [2.45, 2.75) is 207 Å². The van der Waals surface area contributed by atoms with Crippen LogP contribution in [-0.2, 0) is 82.3 Å². The Morgan fingerprint density at radius 2 is 0.814 bits per heavy atom. The van der Waals surface area contributed by atoms with Gasteiger partial charge in [0.2, 0.25) is 0 Å². The fraction of sp³-hybridized carbons (Fsp3) is 0.627. The Bertz CT molecular complexity index is 1980. The predicted octanol–water partition coefficient (Wildman–Crippen LogP) is 11.8. The van der Waals surface area contributed by atoms with Crippen LogP contribution in [0.3, 0.4) is 0 Å². The highest BCUT2D eigenvalue weighted by Gasteiger charge is 2.53. The molecule has 390 valence electrons. The summed E-state index contributed by atoms with van der Waals surface area (Å²) in [7, 11) is 0. The first-order chi connectivity index (χ1) is 33.6. The molecule has 0 saturated heterocycles. The van der Waals surface area contributed by atoms with Crippen molar-refractivity contribution < 1.29 is 49.8 Å². The van der Waals surface area contributed by atoms with Crippen LogP contribution in [-0.4, -0.2) is 80.0 Å². The second-order valence-corrected chi connectivity index (χ2v) is 20.0. The summed E-state index contributed by atoms with van der Waals surface area (Å²) in [5.74, 6) is -2.99. The Labute approximate surface area is 425 Å². The third kappa shape index (κ3) is 15.9. The molecule has 0 radical (unpaired) electrons. The molecule has 10 nitrogen and oxygen atoms in total. The Balaban J connectivity index is 2.75. The molecule has 3 rings (SSSR count). The van der Waals surface area contributed by atoms with Crippen LogP contribution in [0.1, 0.15) is 211 Å². The fourth-order valence-corrected chi connectivity index (χ4v) is 11.1. The molecule has 0 bridgehead atoms. The van der Waals surface area contributed by atoms with Crippen LogP contribution in [0.15, 0.2) is 36.4 Å². The lowest BCUT2D eigenvalue weighted by Gasteiger charge is -2.48. The zero-order valence-corrected chi connectivity index (χ0v) is 44.7. The van der Waals surface area contributed by atoms with E-state index >= 15 is 0 Å². The number of thiocarbonyl (C=S) groups is 1. The summed E-state index contributed by atoms with van der Waals surface area (Å²) in [6.07, 6.45) is 16.9. The van der Waals surface area contributed by atoms with Crippen LogP contribution in [0.25, 0.3) is 0 Å².